The third kappa shape index (κ3) is 2.65. The summed E-state index contributed by atoms with van der Waals surface area (Å²) in [4.78, 5) is 0. The maximum atomic E-state index is 5.79. The maximum Gasteiger partial charge on any atom is 0.171 e. The predicted molar refractivity (Wildman–Crippen MR) is 60.2 cm³/mol. The fraction of sp³-hybridized carbons (Fsp3) is 0.700. The van der Waals surface area contributed by atoms with Crippen LogP contribution in [0.3, 0.4) is 0 Å². The summed E-state index contributed by atoms with van der Waals surface area (Å²) in [6.45, 7) is 4.36. The number of aromatic nitrogens is 2. The van der Waals surface area contributed by atoms with E-state index in [1.54, 1.807) is 4.68 Å². The summed E-state index contributed by atoms with van der Waals surface area (Å²) in [6, 6.07) is 0.484. The Morgan fingerprint density at radius 2 is 2.29 bits per heavy atom. The van der Waals surface area contributed by atoms with Gasteiger partial charge >= 0.3 is 0 Å². The fourth-order valence-electron chi connectivity index (χ4n) is 1.54. The topological polar surface area (TPSA) is 55.9 Å². The minimum Gasteiger partial charge on any atom is -0.394 e. The first-order valence-electron chi connectivity index (χ1n) is 5.23. The van der Waals surface area contributed by atoms with Crippen molar-refractivity contribution in [2.24, 2.45) is 7.05 Å². The monoisotopic (exact) mass is 196 g/mol. The smallest absolute Gasteiger partial charge is 0.171 e. The highest BCUT2D eigenvalue weighted by Crippen LogP contribution is 2.17. The normalized spacial score (nSPS) is 12.8. The van der Waals surface area contributed by atoms with Crippen molar-refractivity contribution < 1.29 is 0 Å². The van der Waals surface area contributed by atoms with E-state index >= 15 is 0 Å². The third-order valence-electron chi connectivity index (χ3n) is 2.33. The molecular formula is C10H20N4. The van der Waals surface area contributed by atoms with Crippen molar-refractivity contribution in [2.45, 2.75) is 39.2 Å². The van der Waals surface area contributed by atoms with E-state index in [1.165, 1.54) is 6.42 Å². The van der Waals surface area contributed by atoms with Crippen molar-refractivity contribution in [3.05, 3.63) is 6.20 Å². The van der Waals surface area contributed by atoms with Gasteiger partial charge in [0.1, 0.15) is 0 Å². The summed E-state index contributed by atoms with van der Waals surface area (Å²) in [5.41, 5.74) is 6.52. The molecule has 3 N–H and O–H groups in total. The summed E-state index contributed by atoms with van der Waals surface area (Å²) in [5, 5.41) is 7.62. The van der Waals surface area contributed by atoms with Crippen LogP contribution in [0.25, 0.3) is 0 Å². The second-order valence-corrected chi connectivity index (χ2v) is 3.64. The van der Waals surface area contributed by atoms with Crippen molar-refractivity contribution in [3.63, 3.8) is 0 Å². The Kier molecular flexibility index (Phi) is 3.80. The van der Waals surface area contributed by atoms with Crippen molar-refractivity contribution in [3.8, 4) is 0 Å². The number of rotatable bonds is 5. The lowest BCUT2D eigenvalue weighted by molar-refractivity contribution is 0.618. The zero-order valence-corrected chi connectivity index (χ0v) is 9.25. The molecule has 1 aromatic heterocycles. The van der Waals surface area contributed by atoms with Gasteiger partial charge < -0.3 is 11.1 Å². The van der Waals surface area contributed by atoms with Gasteiger partial charge in [0.2, 0.25) is 0 Å². The van der Waals surface area contributed by atoms with E-state index in [-0.39, 0.29) is 0 Å². The van der Waals surface area contributed by atoms with Crippen LogP contribution in [-0.2, 0) is 7.05 Å². The molecular weight excluding hydrogens is 176 g/mol. The number of nitrogens with zero attached hydrogens (tertiary/aromatic N) is 2. The van der Waals surface area contributed by atoms with Crippen molar-refractivity contribution >= 4 is 11.5 Å². The summed E-state index contributed by atoms with van der Waals surface area (Å²) >= 11 is 0. The van der Waals surface area contributed by atoms with E-state index < -0.39 is 0 Å². The van der Waals surface area contributed by atoms with Gasteiger partial charge in [-0.3, -0.25) is 4.68 Å². The largest absolute Gasteiger partial charge is 0.394 e. The van der Waals surface area contributed by atoms with E-state index in [0.29, 0.717) is 6.04 Å². The summed E-state index contributed by atoms with van der Waals surface area (Å²) in [5.74, 6) is 0.813. The zero-order valence-electron chi connectivity index (χ0n) is 9.25. The van der Waals surface area contributed by atoms with Crippen LogP contribution >= 0.6 is 0 Å². The summed E-state index contributed by atoms with van der Waals surface area (Å²) in [7, 11) is 1.88. The minimum absolute atomic E-state index is 0.484. The summed E-state index contributed by atoms with van der Waals surface area (Å²) in [6.07, 6.45) is 5.26. The lowest BCUT2D eigenvalue weighted by Crippen LogP contribution is -2.19. The van der Waals surface area contributed by atoms with Crippen LogP contribution < -0.4 is 11.1 Å². The average Bonchev–Trinajstić information content (AvgIpc) is 2.44. The van der Waals surface area contributed by atoms with Crippen LogP contribution in [0, 0.1) is 0 Å². The molecule has 4 nitrogen and oxygen atoms in total. The quantitative estimate of drug-likeness (QED) is 0.757. The van der Waals surface area contributed by atoms with Gasteiger partial charge in [-0.1, -0.05) is 20.3 Å². The highest BCUT2D eigenvalue weighted by molar-refractivity contribution is 5.60. The second-order valence-electron chi connectivity index (χ2n) is 3.64. The highest BCUT2D eigenvalue weighted by atomic mass is 15.3. The molecule has 1 heterocycles. The number of hydrogen-bond donors (Lipinski definition) is 2. The minimum atomic E-state index is 0.484. The Balaban J connectivity index is 2.61. The molecule has 0 aliphatic carbocycles. The highest BCUT2D eigenvalue weighted by Gasteiger charge is 2.09. The van der Waals surface area contributed by atoms with Crippen LogP contribution in [0.5, 0.6) is 0 Å². The molecule has 0 saturated carbocycles. The van der Waals surface area contributed by atoms with Crippen LogP contribution in [0.1, 0.15) is 33.1 Å². The molecule has 1 unspecified atom stereocenters. The Morgan fingerprint density at radius 1 is 1.57 bits per heavy atom. The first-order valence-corrected chi connectivity index (χ1v) is 5.23. The molecule has 0 spiro atoms. The van der Waals surface area contributed by atoms with E-state index in [1.807, 2.05) is 13.2 Å². The Hall–Kier alpha value is -1.19. The van der Waals surface area contributed by atoms with Gasteiger partial charge in [0.05, 0.1) is 5.69 Å². The second kappa shape index (κ2) is 4.88. The van der Waals surface area contributed by atoms with Crippen molar-refractivity contribution in [1.82, 2.24) is 9.78 Å². The van der Waals surface area contributed by atoms with Crippen LogP contribution in [0.2, 0.25) is 0 Å². The SMILES string of the molecule is CCCC(CC)Nc1nn(C)cc1N. The van der Waals surface area contributed by atoms with Gasteiger partial charge in [0.15, 0.2) is 5.82 Å². The summed E-state index contributed by atoms with van der Waals surface area (Å²) < 4.78 is 1.73. The molecule has 80 valence electrons. The van der Waals surface area contributed by atoms with Gasteiger partial charge in [-0.25, -0.2) is 0 Å². The van der Waals surface area contributed by atoms with Crippen LogP contribution in [-0.4, -0.2) is 15.8 Å². The van der Waals surface area contributed by atoms with Gasteiger partial charge in [-0.05, 0) is 12.8 Å². The molecule has 1 aromatic rings. The van der Waals surface area contributed by atoms with Gasteiger partial charge in [-0.2, -0.15) is 5.10 Å². The maximum absolute atomic E-state index is 5.79. The van der Waals surface area contributed by atoms with Crippen LogP contribution in [0.4, 0.5) is 11.5 Å². The predicted octanol–water partition coefficient (Wildman–Crippen LogP) is 1.99. The number of anilines is 2. The molecule has 1 atom stereocenters. The number of nitrogens with one attached hydrogen (secondary N) is 1. The number of hydrogen-bond acceptors (Lipinski definition) is 3. The first-order chi connectivity index (χ1) is 6.67. The average molecular weight is 196 g/mol. The molecule has 0 aromatic carbocycles. The molecule has 0 aliphatic heterocycles. The Morgan fingerprint density at radius 3 is 2.71 bits per heavy atom. The van der Waals surface area contributed by atoms with Crippen LogP contribution in [0.15, 0.2) is 6.20 Å². The lowest BCUT2D eigenvalue weighted by Gasteiger charge is -2.15. The molecule has 1 rings (SSSR count). The molecule has 0 fully saturated rings. The Labute approximate surface area is 85.5 Å². The molecule has 0 amide bonds. The van der Waals surface area contributed by atoms with Crippen molar-refractivity contribution in [2.75, 3.05) is 11.1 Å². The molecule has 4 heteroatoms. The van der Waals surface area contributed by atoms with E-state index in [4.69, 9.17) is 5.73 Å². The Bertz CT molecular complexity index is 280. The van der Waals surface area contributed by atoms with E-state index in [0.717, 1.165) is 24.3 Å². The van der Waals surface area contributed by atoms with E-state index in [2.05, 4.69) is 24.3 Å². The zero-order chi connectivity index (χ0) is 10.6. The number of aryl methyl sites for hydroxylation is 1. The van der Waals surface area contributed by atoms with Gasteiger partial charge in [-0.15, -0.1) is 0 Å². The molecule has 0 aliphatic rings. The van der Waals surface area contributed by atoms with Crippen molar-refractivity contribution in [1.29, 1.82) is 0 Å². The molecule has 14 heavy (non-hydrogen) atoms. The third-order valence-corrected chi connectivity index (χ3v) is 2.33. The van der Waals surface area contributed by atoms with Gasteiger partial charge in [0, 0.05) is 19.3 Å². The fourth-order valence-corrected chi connectivity index (χ4v) is 1.54. The number of nitrogens with two attached hydrogens (primary N) is 1. The molecule has 0 radical (unpaired) electrons. The first kappa shape index (κ1) is 10.9. The van der Waals surface area contributed by atoms with Gasteiger partial charge in [0.25, 0.3) is 0 Å². The van der Waals surface area contributed by atoms with E-state index in [9.17, 15) is 0 Å². The molecule has 0 saturated heterocycles. The number of nitrogen functional groups attached to an aromatic ring is 1. The molecule has 0 bridgehead atoms. The standard InChI is InChI=1S/C10H20N4/c1-4-6-8(5-2)12-10-9(11)7-14(3)13-10/h7-8H,4-6,11H2,1-3H3,(H,12,13). The lowest BCUT2D eigenvalue weighted by atomic mass is 10.1.